The van der Waals surface area contributed by atoms with Gasteiger partial charge in [0.05, 0.1) is 6.61 Å². The van der Waals surface area contributed by atoms with Crippen LogP contribution < -0.4 is 4.90 Å². The van der Waals surface area contributed by atoms with Gasteiger partial charge in [0, 0.05) is 18.3 Å². The molecule has 0 aliphatic carbocycles. The minimum absolute atomic E-state index is 0.0745. The summed E-state index contributed by atoms with van der Waals surface area (Å²) in [7, 11) is 0. The van der Waals surface area contributed by atoms with Crippen molar-refractivity contribution < 1.29 is 5.11 Å². The second-order valence-electron chi connectivity index (χ2n) is 4.91. The van der Waals surface area contributed by atoms with Crippen LogP contribution in [0.3, 0.4) is 0 Å². The third-order valence-corrected chi connectivity index (χ3v) is 3.43. The molecule has 1 saturated heterocycles. The van der Waals surface area contributed by atoms with Crippen LogP contribution in [-0.4, -0.2) is 22.7 Å². The molecule has 0 radical (unpaired) electrons. The molecule has 0 bridgehead atoms. The van der Waals surface area contributed by atoms with Gasteiger partial charge >= 0.3 is 0 Å². The maximum Gasteiger partial charge on any atom is 0.129 e. The van der Waals surface area contributed by atoms with E-state index in [0.29, 0.717) is 6.04 Å². The number of aliphatic hydroxyl groups is 1. The predicted octanol–water partition coefficient (Wildman–Crippen LogP) is 2.12. The summed E-state index contributed by atoms with van der Waals surface area (Å²) < 4.78 is 0. The van der Waals surface area contributed by atoms with Gasteiger partial charge in [-0.15, -0.1) is 0 Å². The monoisotopic (exact) mass is 220 g/mol. The standard InChI is InChI=1S/C13H20N2O/c1-9-6-10(2)15(7-9)13-5-4-12(8-16)11(3)14-13/h4-5,9-10,16H,6-8H2,1-3H3. The molecule has 2 rings (SSSR count). The fourth-order valence-corrected chi connectivity index (χ4v) is 2.52. The number of nitrogens with zero attached hydrogens (tertiary/aromatic N) is 2. The fraction of sp³-hybridized carbons (Fsp3) is 0.615. The van der Waals surface area contributed by atoms with Crippen LogP contribution in [-0.2, 0) is 6.61 Å². The molecule has 1 aliphatic heterocycles. The van der Waals surface area contributed by atoms with Crippen molar-refractivity contribution in [1.82, 2.24) is 4.98 Å². The van der Waals surface area contributed by atoms with Crippen LogP contribution in [0.15, 0.2) is 12.1 Å². The Hall–Kier alpha value is -1.09. The first kappa shape index (κ1) is 11.4. The summed E-state index contributed by atoms with van der Waals surface area (Å²) in [6.45, 7) is 7.66. The molecule has 2 heterocycles. The first-order valence-electron chi connectivity index (χ1n) is 5.96. The van der Waals surface area contributed by atoms with Gasteiger partial charge in [0.25, 0.3) is 0 Å². The minimum Gasteiger partial charge on any atom is -0.392 e. The highest BCUT2D eigenvalue weighted by Crippen LogP contribution is 2.27. The molecule has 2 atom stereocenters. The topological polar surface area (TPSA) is 36.4 Å². The lowest BCUT2D eigenvalue weighted by Crippen LogP contribution is -2.27. The molecule has 1 N–H and O–H groups in total. The Kier molecular flexibility index (Phi) is 3.15. The van der Waals surface area contributed by atoms with Crippen molar-refractivity contribution in [3.63, 3.8) is 0 Å². The van der Waals surface area contributed by atoms with Gasteiger partial charge in [0.2, 0.25) is 0 Å². The predicted molar refractivity (Wildman–Crippen MR) is 65.5 cm³/mol. The number of anilines is 1. The smallest absolute Gasteiger partial charge is 0.129 e. The van der Waals surface area contributed by atoms with Crippen molar-refractivity contribution in [3.8, 4) is 0 Å². The van der Waals surface area contributed by atoms with Crippen LogP contribution in [0, 0.1) is 12.8 Å². The highest BCUT2D eigenvalue weighted by Gasteiger charge is 2.27. The van der Waals surface area contributed by atoms with Gasteiger partial charge in [-0.3, -0.25) is 0 Å². The van der Waals surface area contributed by atoms with E-state index in [1.54, 1.807) is 0 Å². The number of rotatable bonds is 2. The summed E-state index contributed by atoms with van der Waals surface area (Å²) in [6, 6.07) is 4.57. The Morgan fingerprint density at radius 3 is 2.69 bits per heavy atom. The Morgan fingerprint density at radius 2 is 2.19 bits per heavy atom. The molecule has 3 heteroatoms. The lowest BCUT2D eigenvalue weighted by atomic mass is 10.1. The first-order valence-corrected chi connectivity index (χ1v) is 5.96. The third kappa shape index (κ3) is 2.05. The first-order chi connectivity index (χ1) is 7.61. The van der Waals surface area contributed by atoms with E-state index in [9.17, 15) is 0 Å². The zero-order valence-electron chi connectivity index (χ0n) is 10.3. The number of aryl methyl sites for hydroxylation is 1. The van der Waals surface area contributed by atoms with Crippen LogP contribution >= 0.6 is 0 Å². The van der Waals surface area contributed by atoms with Gasteiger partial charge in [-0.25, -0.2) is 4.98 Å². The van der Waals surface area contributed by atoms with E-state index in [1.165, 1.54) is 6.42 Å². The van der Waals surface area contributed by atoms with Gasteiger partial charge < -0.3 is 10.0 Å². The minimum atomic E-state index is 0.0745. The van der Waals surface area contributed by atoms with Crippen molar-refractivity contribution in [1.29, 1.82) is 0 Å². The lowest BCUT2D eigenvalue weighted by Gasteiger charge is -2.23. The second kappa shape index (κ2) is 4.42. The number of hydrogen-bond donors (Lipinski definition) is 1. The highest BCUT2D eigenvalue weighted by molar-refractivity contribution is 5.43. The van der Waals surface area contributed by atoms with Crippen molar-refractivity contribution in [2.75, 3.05) is 11.4 Å². The van der Waals surface area contributed by atoms with Crippen LogP contribution in [0.1, 0.15) is 31.5 Å². The fourth-order valence-electron chi connectivity index (χ4n) is 2.52. The zero-order chi connectivity index (χ0) is 11.7. The van der Waals surface area contributed by atoms with Crippen LogP contribution in [0.25, 0.3) is 0 Å². The largest absolute Gasteiger partial charge is 0.392 e. The van der Waals surface area contributed by atoms with E-state index in [1.807, 2.05) is 19.1 Å². The Balaban J connectivity index is 2.24. The van der Waals surface area contributed by atoms with E-state index in [2.05, 4.69) is 23.7 Å². The summed E-state index contributed by atoms with van der Waals surface area (Å²) in [5, 5.41) is 9.12. The van der Waals surface area contributed by atoms with Gasteiger partial charge in [0.15, 0.2) is 0 Å². The van der Waals surface area contributed by atoms with Crippen molar-refractivity contribution in [3.05, 3.63) is 23.4 Å². The van der Waals surface area contributed by atoms with Crippen molar-refractivity contribution in [2.45, 2.75) is 39.8 Å². The number of hydrogen-bond acceptors (Lipinski definition) is 3. The van der Waals surface area contributed by atoms with Crippen molar-refractivity contribution in [2.24, 2.45) is 5.92 Å². The zero-order valence-corrected chi connectivity index (χ0v) is 10.3. The van der Waals surface area contributed by atoms with E-state index < -0.39 is 0 Å². The molecule has 16 heavy (non-hydrogen) atoms. The van der Waals surface area contributed by atoms with E-state index in [4.69, 9.17) is 5.11 Å². The summed E-state index contributed by atoms with van der Waals surface area (Å²) in [4.78, 5) is 6.94. The Labute approximate surface area is 97.1 Å². The summed E-state index contributed by atoms with van der Waals surface area (Å²) in [6.07, 6.45) is 1.24. The molecular weight excluding hydrogens is 200 g/mol. The number of aliphatic hydroxyl groups excluding tert-OH is 1. The van der Waals surface area contributed by atoms with Crippen molar-refractivity contribution >= 4 is 5.82 Å². The maximum atomic E-state index is 9.12. The average Bonchev–Trinajstić information content (AvgIpc) is 2.58. The second-order valence-corrected chi connectivity index (χ2v) is 4.91. The molecule has 0 aromatic carbocycles. The Bertz CT molecular complexity index is 378. The van der Waals surface area contributed by atoms with Crippen LogP contribution in [0.4, 0.5) is 5.82 Å². The van der Waals surface area contributed by atoms with Crippen LogP contribution in [0.2, 0.25) is 0 Å². The Morgan fingerprint density at radius 1 is 1.44 bits per heavy atom. The molecule has 1 aliphatic rings. The molecule has 3 nitrogen and oxygen atoms in total. The van der Waals surface area contributed by atoms with E-state index >= 15 is 0 Å². The highest BCUT2D eigenvalue weighted by atomic mass is 16.3. The van der Waals surface area contributed by atoms with Crippen LogP contribution in [0.5, 0.6) is 0 Å². The summed E-state index contributed by atoms with van der Waals surface area (Å²) in [5.41, 5.74) is 1.86. The molecular formula is C13H20N2O. The van der Waals surface area contributed by atoms with E-state index in [0.717, 1.165) is 29.5 Å². The molecule has 1 fully saturated rings. The normalized spacial score (nSPS) is 25.1. The average molecular weight is 220 g/mol. The maximum absolute atomic E-state index is 9.12. The van der Waals surface area contributed by atoms with E-state index in [-0.39, 0.29) is 6.61 Å². The molecule has 0 spiro atoms. The van der Waals surface area contributed by atoms with Gasteiger partial charge in [-0.05, 0) is 37.8 Å². The molecule has 2 unspecified atom stereocenters. The summed E-state index contributed by atoms with van der Waals surface area (Å²) in [5.74, 6) is 1.79. The van der Waals surface area contributed by atoms with Gasteiger partial charge in [-0.2, -0.15) is 0 Å². The SMILES string of the molecule is Cc1nc(N2CC(C)CC2C)ccc1CO. The molecule has 1 aromatic rings. The summed E-state index contributed by atoms with van der Waals surface area (Å²) >= 11 is 0. The quantitative estimate of drug-likeness (QED) is 0.829. The van der Waals surface area contributed by atoms with Gasteiger partial charge in [-0.1, -0.05) is 13.0 Å². The third-order valence-electron chi connectivity index (χ3n) is 3.43. The molecule has 0 amide bonds. The molecule has 88 valence electrons. The molecule has 1 aromatic heterocycles. The number of pyridine rings is 1. The molecule has 0 saturated carbocycles. The lowest BCUT2D eigenvalue weighted by molar-refractivity contribution is 0.280. The van der Waals surface area contributed by atoms with Gasteiger partial charge in [0.1, 0.15) is 5.82 Å². The number of aromatic nitrogens is 1.